The standard InChI is InChI=1S/C15H14N4O4/c1-3-23-15(21)12-11(8-16)13(17)19(18-12)10-6-4-9(5-7-10)14(20)22-2/h4-7H,3,17H2,1-2H3. The largest absolute Gasteiger partial charge is 0.465 e. The van der Waals surface area contributed by atoms with Crippen LogP contribution in [0.2, 0.25) is 0 Å². The third-order valence-electron chi connectivity index (χ3n) is 3.03. The summed E-state index contributed by atoms with van der Waals surface area (Å²) in [4.78, 5) is 23.3. The molecule has 0 aliphatic rings. The number of esters is 2. The van der Waals surface area contributed by atoms with Crippen LogP contribution in [0.5, 0.6) is 0 Å². The Bertz CT molecular complexity index is 787. The van der Waals surface area contributed by atoms with Crippen molar-refractivity contribution in [3.8, 4) is 11.8 Å². The summed E-state index contributed by atoms with van der Waals surface area (Å²) in [5.41, 5.74) is 6.52. The fourth-order valence-electron chi connectivity index (χ4n) is 1.94. The number of methoxy groups -OCH3 is 1. The van der Waals surface area contributed by atoms with Crippen molar-refractivity contribution in [2.75, 3.05) is 19.5 Å². The molecule has 1 aromatic heterocycles. The summed E-state index contributed by atoms with van der Waals surface area (Å²) in [6.45, 7) is 1.81. The molecular formula is C15H14N4O4. The van der Waals surface area contributed by atoms with Crippen LogP contribution in [0.1, 0.15) is 33.3 Å². The smallest absolute Gasteiger partial charge is 0.360 e. The minimum absolute atomic E-state index is 0.0152. The van der Waals surface area contributed by atoms with E-state index >= 15 is 0 Å². The topological polar surface area (TPSA) is 120 Å². The normalized spacial score (nSPS) is 9.96. The highest BCUT2D eigenvalue weighted by Gasteiger charge is 2.23. The van der Waals surface area contributed by atoms with E-state index in [1.54, 1.807) is 19.1 Å². The van der Waals surface area contributed by atoms with Gasteiger partial charge in [-0.15, -0.1) is 0 Å². The van der Waals surface area contributed by atoms with Crippen molar-refractivity contribution in [2.24, 2.45) is 0 Å². The monoisotopic (exact) mass is 314 g/mol. The first-order valence-electron chi connectivity index (χ1n) is 6.67. The number of carbonyl (C=O) groups is 2. The van der Waals surface area contributed by atoms with Crippen molar-refractivity contribution in [3.63, 3.8) is 0 Å². The van der Waals surface area contributed by atoms with Crippen LogP contribution in [0.3, 0.4) is 0 Å². The van der Waals surface area contributed by atoms with E-state index in [1.165, 1.54) is 23.9 Å². The number of nitrogens with zero attached hydrogens (tertiary/aromatic N) is 3. The number of aromatic nitrogens is 2. The first-order valence-corrected chi connectivity index (χ1v) is 6.67. The average molecular weight is 314 g/mol. The predicted molar refractivity (Wildman–Crippen MR) is 80.0 cm³/mol. The number of nitrogen functional groups attached to an aromatic ring is 1. The minimum atomic E-state index is -0.722. The molecule has 1 aromatic carbocycles. The SMILES string of the molecule is CCOC(=O)c1nn(-c2ccc(C(=O)OC)cc2)c(N)c1C#N. The van der Waals surface area contributed by atoms with Gasteiger partial charge in [0, 0.05) is 0 Å². The molecule has 0 bridgehead atoms. The molecule has 118 valence electrons. The third kappa shape index (κ3) is 2.98. The zero-order valence-corrected chi connectivity index (χ0v) is 12.6. The molecule has 8 nitrogen and oxygen atoms in total. The maximum atomic E-state index is 11.8. The van der Waals surface area contributed by atoms with Gasteiger partial charge in [-0.3, -0.25) is 0 Å². The van der Waals surface area contributed by atoms with Crippen molar-refractivity contribution >= 4 is 17.8 Å². The highest BCUT2D eigenvalue weighted by atomic mass is 16.5. The van der Waals surface area contributed by atoms with E-state index in [0.29, 0.717) is 11.3 Å². The molecule has 1 heterocycles. The van der Waals surface area contributed by atoms with E-state index in [2.05, 4.69) is 9.84 Å². The fraction of sp³-hybridized carbons (Fsp3) is 0.200. The average Bonchev–Trinajstić information content (AvgIpc) is 2.91. The molecule has 0 saturated carbocycles. The Labute approximate surface area is 132 Å². The van der Waals surface area contributed by atoms with Crippen LogP contribution in [0.15, 0.2) is 24.3 Å². The molecule has 8 heteroatoms. The number of hydrogen-bond donors (Lipinski definition) is 1. The van der Waals surface area contributed by atoms with Crippen LogP contribution in [-0.2, 0) is 9.47 Å². The van der Waals surface area contributed by atoms with Gasteiger partial charge < -0.3 is 15.2 Å². The lowest BCUT2D eigenvalue weighted by Gasteiger charge is -2.05. The second kappa shape index (κ2) is 6.62. The molecule has 0 aliphatic heterocycles. The summed E-state index contributed by atoms with van der Waals surface area (Å²) in [7, 11) is 1.28. The number of ether oxygens (including phenoxy) is 2. The van der Waals surface area contributed by atoms with E-state index in [9.17, 15) is 14.9 Å². The first-order chi connectivity index (χ1) is 11.0. The maximum Gasteiger partial charge on any atom is 0.360 e. The van der Waals surface area contributed by atoms with Crippen molar-refractivity contribution in [3.05, 3.63) is 41.1 Å². The molecule has 2 rings (SSSR count). The van der Waals surface area contributed by atoms with Gasteiger partial charge in [-0.1, -0.05) is 0 Å². The Morgan fingerprint density at radius 2 is 1.96 bits per heavy atom. The quantitative estimate of drug-likeness (QED) is 0.844. The van der Waals surface area contributed by atoms with Crippen LogP contribution in [0, 0.1) is 11.3 Å². The molecule has 2 N–H and O–H groups in total. The van der Waals surface area contributed by atoms with Gasteiger partial charge in [0.1, 0.15) is 17.5 Å². The number of nitrogens with two attached hydrogens (primary N) is 1. The van der Waals surface area contributed by atoms with Gasteiger partial charge in [0.15, 0.2) is 5.69 Å². The minimum Gasteiger partial charge on any atom is -0.465 e. The molecule has 0 unspecified atom stereocenters. The van der Waals surface area contributed by atoms with Crippen molar-refractivity contribution in [1.82, 2.24) is 9.78 Å². The van der Waals surface area contributed by atoms with Gasteiger partial charge in [0.2, 0.25) is 0 Å². The summed E-state index contributed by atoms with van der Waals surface area (Å²) < 4.78 is 10.7. The second-order valence-corrected chi connectivity index (χ2v) is 4.39. The van der Waals surface area contributed by atoms with Gasteiger partial charge >= 0.3 is 11.9 Å². The maximum absolute atomic E-state index is 11.8. The summed E-state index contributed by atoms with van der Waals surface area (Å²) in [5, 5.41) is 13.2. The summed E-state index contributed by atoms with van der Waals surface area (Å²) in [5.74, 6) is -1.18. The highest BCUT2D eigenvalue weighted by Crippen LogP contribution is 2.21. The zero-order valence-electron chi connectivity index (χ0n) is 12.6. The van der Waals surface area contributed by atoms with Crippen LogP contribution < -0.4 is 5.73 Å². The molecule has 0 amide bonds. The van der Waals surface area contributed by atoms with Crippen molar-refractivity contribution in [2.45, 2.75) is 6.92 Å². The number of carbonyl (C=O) groups excluding carboxylic acids is 2. The molecule has 0 fully saturated rings. The van der Waals surface area contributed by atoms with Crippen LogP contribution >= 0.6 is 0 Å². The summed E-state index contributed by atoms with van der Waals surface area (Å²) in [6, 6.07) is 8.05. The Morgan fingerprint density at radius 3 is 2.48 bits per heavy atom. The molecule has 0 aliphatic carbocycles. The molecule has 0 atom stereocenters. The fourth-order valence-corrected chi connectivity index (χ4v) is 1.94. The summed E-state index contributed by atoms with van der Waals surface area (Å²) >= 11 is 0. The first kappa shape index (κ1) is 16.0. The van der Waals surface area contributed by atoms with E-state index in [-0.39, 0.29) is 23.7 Å². The Morgan fingerprint density at radius 1 is 1.30 bits per heavy atom. The van der Waals surface area contributed by atoms with Crippen molar-refractivity contribution < 1.29 is 19.1 Å². The lowest BCUT2D eigenvalue weighted by molar-refractivity contribution is 0.0517. The van der Waals surface area contributed by atoms with E-state index in [1.807, 2.05) is 6.07 Å². The number of rotatable bonds is 4. The number of benzene rings is 1. The van der Waals surface area contributed by atoms with Crippen LogP contribution in [0.25, 0.3) is 5.69 Å². The second-order valence-electron chi connectivity index (χ2n) is 4.39. The lowest BCUT2D eigenvalue weighted by Crippen LogP contribution is -2.08. The van der Waals surface area contributed by atoms with E-state index in [4.69, 9.17) is 10.5 Å². The predicted octanol–water partition coefficient (Wildman–Crippen LogP) is 1.29. The zero-order chi connectivity index (χ0) is 17.0. The summed E-state index contributed by atoms with van der Waals surface area (Å²) in [6.07, 6.45) is 0. The molecule has 2 aromatic rings. The number of anilines is 1. The highest BCUT2D eigenvalue weighted by molar-refractivity contribution is 5.92. The lowest BCUT2D eigenvalue weighted by atomic mass is 10.2. The molecular weight excluding hydrogens is 300 g/mol. The Kier molecular flexibility index (Phi) is 4.61. The van der Waals surface area contributed by atoms with Gasteiger partial charge in [-0.25, -0.2) is 14.3 Å². The Hall–Kier alpha value is -3.34. The number of hydrogen-bond acceptors (Lipinski definition) is 7. The van der Waals surface area contributed by atoms with E-state index < -0.39 is 11.9 Å². The van der Waals surface area contributed by atoms with Crippen LogP contribution in [-0.4, -0.2) is 35.4 Å². The molecule has 0 spiro atoms. The molecule has 0 radical (unpaired) electrons. The molecule has 23 heavy (non-hydrogen) atoms. The van der Waals surface area contributed by atoms with Crippen molar-refractivity contribution in [1.29, 1.82) is 5.26 Å². The third-order valence-corrected chi connectivity index (χ3v) is 3.03. The van der Waals surface area contributed by atoms with Gasteiger partial charge in [-0.05, 0) is 31.2 Å². The van der Waals surface area contributed by atoms with Gasteiger partial charge in [-0.2, -0.15) is 10.4 Å². The Balaban J connectivity index is 2.46. The molecule has 0 saturated heterocycles. The van der Waals surface area contributed by atoms with Gasteiger partial charge in [0.25, 0.3) is 0 Å². The van der Waals surface area contributed by atoms with Crippen LogP contribution in [0.4, 0.5) is 5.82 Å². The van der Waals surface area contributed by atoms with E-state index in [0.717, 1.165) is 0 Å². The number of nitriles is 1. The van der Waals surface area contributed by atoms with Gasteiger partial charge in [0.05, 0.1) is 25.0 Å².